The number of aliphatic carboxylic acids is 1. The van der Waals surface area contributed by atoms with E-state index in [0.717, 1.165) is 10.0 Å². The molecule has 0 aromatic heterocycles. The maximum atomic E-state index is 11.6. The second kappa shape index (κ2) is 8.55. The smallest absolute Gasteiger partial charge is 0.329 e. The van der Waals surface area contributed by atoms with Crippen LogP contribution in [0.5, 0.6) is 0 Å². The van der Waals surface area contributed by atoms with Gasteiger partial charge in [0, 0.05) is 11.0 Å². The minimum Gasteiger partial charge on any atom is -0.480 e. The molecule has 0 aliphatic carbocycles. The standard InChI is InChI=1S/C13H17BrN2O4/c1-9(10-2-4-11(14)5-3-10)16-13(19)15-6-7-20-8-12(17)18/h2-5,9H,6-8H2,1H3,(H,17,18)(H2,15,16,19). The predicted molar refractivity (Wildman–Crippen MR) is 77.5 cm³/mol. The predicted octanol–water partition coefficient (Wildman–Crippen LogP) is 1.91. The molecule has 0 fully saturated rings. The average Bonchev–Trinajstić information content (AvgIpc) is 2.38. The summed E-state index contributed by atoms with van der Waals surface area (Å²) in [6.45, 7) is 1.93. The first kappa shape index (κ1) is 16.5. The van der Waals surface area contributed by atoms with Crippen LogP contribution in [0.3, 0.4) is 0 Å². The second-order valence-corrected chi connectivity index (χ2v) is 5.04. The Morgan fingerprint density at radius 2 is 2.00 bits per heavy atom. The summed E-state index contributed by atoms with van der Waals surface area (Å²) in [5.74, 6) is -1.03. The highest BCUT2D eigenvalue weighted by atomic mass is 79.9. The number of carboxylic acids is 1. The van der Waals surface area contributed by atoms with E-state index < -0.39 is 5.97 Å². The summed E-state index contributed by atoms with van der Waals surface area (Å²) in [7, 11) is 0. The van der Waals surface area contributed by atoms with Gasteiger partial charge in [0.1, 0.15) is 6.61 Å². The maximum Gasteiger partial charge on any atom is 0.329 e. The number of carbonyl (C=O) groups excluding carboxylic acids is 1. The number of amides is 2. The second-order valence-electron chi connectivity index (χ2n) is 4.12. The molecule has 7 heteroatoms. The quantitative estimate of drug-likeness (QED) is 0.659. The summed E-state index contributed by atoms with van der Waals surface area (Å²) in [6.07, 6.45) is 0. The van der Waals surface area contributed by atoms with E-state index in [2.05, 4.69) is 26.6 Å². The van der Waals surface area contributed by atoms with E-state index in [0.29, 0.717) is 0 Å². The molecule has 6 nitrogen and oxygen atoms in total. The lowest BCUT2D eigenvalue weighted by atomic mass is 10.1. The Hall–Kier alpha value is -1.60. The normalized spacial score (nSPS) is 11.7. The van der Waals surface area contributed by atoms with E-state index >= 15 is 0 Å². The number of urea groups is 1. The minimum atomic E-state index is -1.03. The van der Waals surface area contributed by atoms with Crippen LogP contribution in [-0.2, 0) is 9.53 Å². The molecule has 0 radical (unpaired) electrons. The molecule has 0 bridgehead atoms. The van der Waals surface area contributed by atoms with Crippen LogP contribution in [-0.4, -0.2) is 36.9 Å². The van der Waals surface area contributed by atoms with Crippen molar-refractivity contribution < 1.29 is 19.4 Å². The van der Waals surface area contributed by atoms with Gasteiger partial charge in [0.25, 0.3) is 0 Å². The molecular weight excluding hydrogens is 328 g/mol. The van der Waals surface area contributed by atoms with Gasteiger partial charge in [-0.1, -0.05) is 28.1 Å². The highest BCUT2D eigenvalue weighted by Crippen LogP contribution is 2.16. The first-order valence-corrected chi connectivity index (χ1v) is 6.87. The molecule has 110 valence electrons. The fraction of sp³-hybridized carbons (Fsp3) is 0.385. The molecule has 2 amide bonds. The molecule has 0 saturated heterocycles. The topological polar surface area (TPSA) is 87.7 Å². The number of rotatable bonds is 7. The lowest BCUT2D eigenvalue weighted by Crippen LogP contribution is -2.38. The van der Waals surface area contributed by atoms with Gasteiger partial charge in [0.15, 0.2) is 0 Å². The zero-order valence-corrected chi connectivity index (χ0v) is 12.6. The van der Waals surface area contributed by atoms with Gasteiger partial charge in [0.05, 0.1) is 12.6 Å². The summed E-state index contributed by atoms with van der Waals surface area (Å²) in [5, 5.41) is 13.7. The Labute approximate surface area is 125 Å². The number of carboxylic acid groups (broad SMARTS) is 1. The number of benzene rings is 1. The summed E-state index contributed by atoms with van der Waals surface area (Å²) < 4.78 is 5.78. The summed E-state index contributed by atoms with van der Waals surface area (Å²) >= 11 is 3.35. The molecule has 0 aliphatic heterocycles. The lowest BCUT2D eigenvalue weighted by molar-refractivity contribution is -0.142. The van der Waals surface area contributed by atoms with Crippen molar-refractivity contribution in [2.45, 2.75) is 13.0 Å². The fourth-order valence-corrected chi connectivity index (χ4v) is 1.74. The third kappa shape index (κ3) is 6.53. The molecule has 20 heavy (non-hydrogen) atoms. The van der Waals surface area contributed by atoms with Crippen molar-refractivity contribution in [1.82, 2.24) is 10.6 Å². The molecule has 1 rings (SSSR count). The van der Waals surface area contributed by atoms with Crippen LogP contribution in [0.15, 0.2) is 28.7 Å². The molecule has 0 heterocycles. The van der Waals surface area contributed by atoms with Crippen molar-refractivity contribution in [3.63, 3.8) is 0 Å². The molecule has 0 spiro atoms. The van der Waals surface area contributed by atoms with Crippen molar-refractivity contribution in [2.24, 2.45) is 0 Å². The summed E-state index contributed by atoms with van der Waals surface area (Å²) in [6, 6.07) is 7.22. The van der Waals surface area contributed by atoms with Gasteiger partial charge < -0.3 is 20.5 Å². The van der Waals surface area contributed by atoms with Crippen molar-refractivity contribution in [1.29, 1.82) is 0 Å². The van der Waals surface area contributed by atoms with Crippen molar-refractivity contribution in [3.8, 4) is 0 Å². The van der Waals surface area contributed by atoms with Crippen LogP contribution in [0.2, 0.25) is 0 Å². The Morgan fingerprint density at radius 1 is 1.35 bits per heavy atom. The zero-order chi connectivity index (χ0) is 15.0. The number of hydrogen-bond donors (Lipinski definition) is 3. The van der Waals surface area contributed by atoms with E-state index in [1.54, 1.807) is 0 Å². The largest absolute Gasteiger partial charge is 0.480 e. The number of nitrogens with one attached hydrogen (secondary N) is 2. The van der Waals surface area contributed by atoms with Crippen LogP contribution < -0.4 is 10.6 Å². The minimum absolute atomic E-state index is 0.122. The van der Waals surface area contributed by atoms with Crippen LogP contribution in [0.25, 0.3) is 0 Å². The molecule has 3 N–H and O–H groups in total. The highest BCUT2D eigenvalue weighted by Gasteiger charge is 2.08. The van der Waals surface area contributed by atoms with E-state index in [1.807, 2.05) is 31.2 Å². The monoisotopic (exact) mass is 344 g/mol. The van der Waals surface area contributed by atoms with Gasteiger partial charge in [-0.2, -0.15) is 0 Å². The van der Waals surface area contributed by atoms with Gasteiger partial charge in [-0.05, 0) is 24.6 Å². The van der Waals surface area contributed by atoms with Gasteiger partial charge in [-0.15, -0.1) is 0 Å². The van der Waals surface area contributed by atoms with E-state index in [4.69, 9.17) is 9.84 Å². The Kier molecular flexibility index (Phi) is 7.03. The summed E-state index contributed by atoms with van der Waals surface area (Å²) in [4.78, 5) is 21.8. The molecule has 1 aromatic rings. The number of carbonyl (C=O) groups is 2. The van der Waals surface area contributed by atoms with E-state index in [-0.39, 0.29) is 31.8 Å². The summed E-state index contributed by atoms with van der Waals surface area (Å²) in [5.41, 5.74) is 0.991. The first-order chi connectivity index (χ1) is 9.49. The molecule has 1 aromatic carbocycles. The number of ether oxygens (including phenoxy) is 1. The molecule has 0 saturated carbocycles. The molecule has 1 atom stereocenters. The average molecular weight is 345 g/mol. The molecule has 1 unspecified atom stereocenters. The van der Waals surface area contributed by atoms with Crippen molar-refractivity contribution >= 4 is 27.9 Å². The van der Waals surface area contributed by atoms with Crippen LogP contribution in [0.1, 0.15) is 18.5 Å². The Balaban J connectivity index is 2.24. The number of hydrogen-bond acceptors (Lipinski definition) is 3. The van der Waals surface area contributed by atoms with E-state index in [1.165, 1.54) is 0 Å². The Morgan fingerprint density at radius 3 is 2.60 bits per heavy atom. The van der Waals surface area contributed by atoms with Crippen LogP contribution in [0.4, 0.5) is 4.79 Å². The van der Waals surface area contributed by atoms with Crippen molar-refractivity contribution in [2.75, 3.05) is 19.8 Å². The maximum absolute atomic E-state index is 11.6. The zero-order valence-electron chi connectivity index (χ0n) is 11.1. The van der Waals surface area contributed by atoms with Gasteiger partial charge >= 0.3 is 12.0 Å². The molecule has 0 aliphatic rings. The van der Waals surface area contributed by atoms with Crippen LogP contribution in [0, 0.1) is 0 Å². The van der Waals surface area contributed by atoms with Crippen molar-refractivity contribution in [3.05, 3.63) is 34.3 Å². The number of halogens is 1. The van der Waals surface area contributed by atoms with Crippen LogP contribution >= 0.6 is 15.9 Å². The van der Waals surface area contributed by atoms with Gasteiger partial charge in [0.2, 0.25) is 0 Å². The molecular formula is C13H17BrN2O4. The van der Waals surface area contributed by atoms with Gasteiger partial charge in [-0.3, -0.25) is 0 Å². The van der Waals surface area contributed by atoms with E-state index in [9.17, 15) is 9.59 Å². The lowest BCUT2D eigenvalue weighted by Gasteiger charge is -2.15. The third-order valence-corrected chi connectivity index (χ3v) is 3.00. The SMILES string of the molecule is CC(NC(=O)NCCOCC(=O)O)c1ccc(Br)cc1. The van der Waals surface area contributed by atoms with Gasteiger partial charge in [-0.25, -0.2) is 9.59 Å². The first-order valence-electron chi connectivity index (χ1n) is 6.08. The fourth-order valence-electron chi connectivity index (χ4n) is 1.48. The highest BCUT2D eigenvalue weighted by molar-refractivity contribution is 9.10. The third-order valence-electron chi connectivity index (χ3n) is 2.48. The Bertz CT molecular complexity index is 450.